The molecule has 198 valence electrons. The molecule has 3 atom stereocenters. The van der Waals surface area contributed by atoms with Gasteiger partial charge in [0, 0.05) is 23.7 Å². The van der Waals surface area contributed by atoms with Crippen LogP contribution < -0.4 is 0 Å². The highest BCUT2D eigenvalue weighted by atomic mass is 32.2. The second kappa shape index (κ2) is 9.79. The molecule has 6 nitrogen and oxygen atoms in total. The number of ketones is 1. The van der Waals surface area contributed by atoms with Gasteiger partial charge in [-0.15, -0.1) is 0 Å². The van der Waals surface area contributed by atoms with Crippen LogP contribution in [0.3, 0.4) is 0 Å². The largest absolute Gasteiger partial charge is 0.445 e. The van der Waals surface area contributed by atoms with E-state index in [0.29, 0.717) is 17.7 Å². The van der Waals surface area contributed by atoms with Crippen molar-refractivity contribution in [1.29, 1.82) is 0 Å². The second-order valence-corrected chi connectivity index (χ2v) is 13.6. The standard InChI is InChI=1S/C31H33NO5S/c1-30(2)18-25-19-31(3,20-30)21-32(25)38(35,36)26-16-10-15-24(17-26)29(34)37-28(23-13-8-5-9-14-23)27(33)22-11-6-4-7-12-22/h4-17,25,28H,18-21H2,1-3H3. The van der Waals surface area contributed by atoms with Gasteiger partial charge in [0.25, 0.3) is 0 Å². The molecule has 1 heterocycles. The smallest absolute Gasteiger partial charge is 0.339 e. The maximum Gasteiger partial charge on any atom is 0.339 e. The molecule has 1 saturated carbocycles. The number of fused-ring (bicyclic) bond motifs is 2. The zero-order chi connectivity index (χ0) is 27.1. The maximum absolute atomic E-state index is 13.8. The number of hydrogen-bond acceptors (Lipinski definition) is 5. The molecule has 38 heavy (non-hydrogen) atoms. The Bertz CT molecular complexity index is 1450. The molecule has 0 N–H and O–H groups in total. The van der Waals surface area contributed by atoms with E-state index in [1.54, 1.807) is 58.9 Å². The monoisotopic (exact) mass is 531 g/mol. The van der Waals surface area contributed by atoms with Crippen molar-refractivity contribution in [2.75, 3.05) is 6.54 Å². The molecule has 3 aromatic rings. The minimum Gasteiger partial charge on any atom is -0.445 e. The van der Waals surface area contributed by atoms with E-state index in [1.165, 1.54) is 18.2 Å². The summed E-state index contributed by atoms with van der Waals surface area (Å²) in [6, 6.07) is 23.4. The third-order valence-corrected chi connectivity index (χ3v) is 9.56. The lowest BCUT2D eigenvalue weighted by atomic mass is 9.65. The number of rotatable bonds is 7. The molecule has 1 aliphatic carbocycles. The summed E-state index contributed by atoms with van der Waals surface area (Å²) < 4.78 is 34.9. The Kier molecular flexibility index (Phi) is 6.78. The van der Waals surface area contributed by atoms with Gasteiger partial charge in [-0.05, 0) is 48.3 Å². The number of sulfonamides is 1. The summed E-state index contributed by atoms with van der Waals surface area (Å²) in [5.41, 5.74) is 1.06. The first-order valence-electron chi connectivity index (χ1n) is 12.9. The summed E-state index contributed by atoms with van der Waals surface area (Å²) >= 11 is 0. The topological polar surface area (TPSA) is 80.8 Å². The fourth-order valence-electron chi connectivity index (χ4n) is 6.44. The fourth-order valence-corrected chi connectivity index (χ4v) is 8.26. The molecule has 0 spiro atoms. The van der Waals surface area contributed by atoms with Crippen molar-refractivity contribution in [2.24, 2.45) is 10.8 Å². The summed E-state index contributed by atoms with van der Waals surface area (Å²) in [7, 11) is -3.82. The van der Waals surface area contributed by atoms with Crippen molar-refractivity contribution in [3.63, 3.8) is 0 Å². The number of esters is 1. The van der Waals surface area contributed by atoms with Crippen molar-refractivity contribution in [3.8, 4) is 0 Å². The zero-order valence-corrected chi connectivity index (χ0v) is 22.8. The highest BCUT2D eigenvalue weighted by molar-refractivity contribution is 7.89. The van der Waals surface area contributed by atoms with Gasteiger partial charge in [0.2, 0.25) is 15.8 Å². The molecule has 2 aliphatic rings. The molecule has 2 fully saturated rings. The van der Waals surface area contributed by atoms with E-state index in [0.717, 1.165) is 19.3 Å². The molecule has 0 amide bonds. The average molecular weight is 532 g/mol. The molecular formula is C31H33NO5S. The fraction of sp³-hybridized carbons (Fsp3) is 0.355. The number of carbonyl (C=O) groups is 2. The maximum atomic E-state index is 13.8. The Morgan fingerprint density at radius 3 is 2.18 bits per heavy atom. The lowest BCUT2D eigenvalue weighted by Crippen LogP contribution is -2.37. The van der Waals surface area contributed by atoms with Crippen LogP contribution in [0.25, 0.3) is 0 Å². The molecule has 1 aliphatic heterocycles. The van der Waals surface area contributed by atoms with Gasteiger partial charge in [-0.3, -0.25) is 4.79 Å². The van der Waals surface area contributed by atoms with Gasteiger partial charge in [0.1, 0.15) is 0 Å². The Balaban J connectivity index is 1.42. The minimum atomic E-state index is -3.82. The first-order chi connectivity index (χ1) is 18.0. The van der Waals surface area contributed by atoms with Crippen molar-refractivity contribution in [1.82, 2.24) is 4.31 Å². The third kappa shape index (κ3) is 5.18. The van der Waals surface area contributed by atoms with Gasteiger partial charge in [0.15, 0.2) is 6.10 Å². The molecular weight excluding hydrogens is 498 g/mol. The predicted molar refractivity (Wildman–Crippen MR) is 145 cm³/mol. The number of nitrogens with zero attached hydrogens (tertiary/aromatic N) is 1. The third-order valence-electron chi connectivity index (χ3n) is 7.67. The van der Waals surface area contributed by atoms with Crippen LogP contribution >= 0.6 is 0 Å². The van der Waals surface area contributed by atoms with Crippen molar-refractivity contribution in [3.05, 3.63) is 102 Å². The Labute approximate surface area is 224 Å². The van der Waals surface area contributed by atoms with Gasteiger partial charge >= 0.3 is 5.97 Å². The summed E-state index contributed by atoms with van der Waals surface area (Å²) in [6.45, 7) is 7.03. The Morgan fingerprint density at radius 2 is 1.50 bits per heavy atom. The van der Waals surface area contributed by atoms with Crippen LogP contribution in [0.5, 0.6) is 0 Å². The zero-order valence-electron chi connectivity index (χ0n) is 22.0. The summed E-state index contributed by atoms with van der Waals surface area (Å²) in [5.74, 6) is -1.11. The summed E-state index contributed by atoms with van der Waals surface area (Å²) in [6.07, 6.45) is 1.47. The summed E-state index contributed by atoms with van der Waals surface area (Å²) in [4.78, 5) is 26.7. The quantitative estimate of drug-likeness (QED) is 0.274. The molecule has 2 bridgehead atoms. The van der Waals surface area contributed by atoms with Gasteiger partial charge < -0.3 is 4.74 Å². The van der Waals surface area contributed by atoms with E-state index in [4.69, 9.17) is 4.74 Å². The lowest BCUT2D eigenvalue weighted by Gasteiger charge is -2.39. The normalized spacial score (nSPS) is 23.5. The van der Waals surface area contributed by atoms with Crippen molar-refractivity contribution >= 4 is 21.8 Å². The highest BCUT2D eigenvalue weighted by Gasteiger charge is 2.53. The van der Waals surface area contributed by atoms with Crippen molar-refractivity contribution in [2.45, 2.75) is 57.1 Å². The number of ether oxygens (including phenoxy) is 1. The van der Waals surface area contributed by atoms with Gasteiger partial charge in [-0.1, -0.05) is 87.5 Å². The molecule has 0 aromatic heterocycles. The van der Waals surface area contributed by atoms with E-state index in [-0.39, 0.29) is 33.1 Å². The molecule has 7 heteroatoms. The SMILES string of the molecule is CC1(C)CC2CC(C)(CN2S(=O)(=O)c2cccc(C(=O)OC(C(=O)c3ccccc3)c3ccccc3)c2)C1. The molecule has 3 unspecified atom stereocenters. The van der Waals surface area contributed by atoms with Crippen LogP contribution in [-0.4, -0.2) is 37.1 Å². The van der Waals surface area contributed by atoms with Crippen molar-refractivity contribution < 1.29 is 22.7 Å². The van der Waals surface area contributed by atoms with E-state index in [1.807, 2.05) is 12.1 Å². The van der Waals surface area contributed by atoms with E-state index in [9.17, 15) is 18.0 Å². The number of Topliss-reactive ketones (excluding diaryl/α,β-unsaturated/α-hetero) is 1. The number of hydrogen-bond donors (Lipinski definition) is 0. The Morgan fingerprint density at radius 1 is 0.868 bits per heavy atom. The second-order valence-electron chi connectivity index (χ2n) is 11.7. The molecule has 3 aromatic carbocycles. The molecule has 1 saturated heterocycles. The number of carbonyl (C=O) groups excluding carboxylic acids is 2. The van der Waals surface area contributed by atoms with Gasteiger partial charge in [-0.2, -0.15) is 4.31 Å². The first-order valence-corrected chi connectivity index (χ1v) is 14.4. The van der Waals surface area contributed by atoms with Crippen LogP contribution in [-0.2, 0) is 14.8 Å². The van der Waals surface area contributed by atoms with Crippen LogP contribution in [0.4, 0.5) is 0 Å². The average Bonchev–Trinajstić information content (AvgIpc) is 3.17. The van der Waals surface area contributed by atoms with Crippen LogP contribution in [0.2, 0.25) is 0 Å². The first kappa shape index (κ1) is 26.3. The lowest BCUT2D eigenvalue weighted by molar-refractivity contribution is 0.0280. The van der Waals surface area contributed by atoms with Gasteiger partial charge in [0.05, 0.1) is 10.5 Å². The molecule has 0 radical (unpaired) electrons. The van der Waals surface area contributed by atoms with E-state index in [2.05, 4.69) is 20.8 Å². The summed E-state index contributed by atoms with van der Waals surface area (Å²) in [5, 5.41) is 0. The van der Waals surface area contributed by atoms with E-state index >= 15 is 0 Å². The molecule has 5 rings (SSSR count). The minimum absolute atomic E-state index is 0.0588. The number of benzene rings is 3. The Hall–Kier alpha value is -3.29. The van der Waals surface area contributed by atoms with Crippen LogP contribution in [0.1, 0.15) is 72.4 Å². The van der Waals surface area contributed by atoms with Gasteiger partial charge in [-0.25, -0.2) is 13.2 Å². The van der Waals surface area contributed by atoms with Crippen LogP contribution in [0, 0.1) is 10.8 Å². The van der Waals surface area contributed by atoms with Crippen LogP contribution in [0.15, 0.2) is 89.8 Å². The predicted octanol–water partition coefficient (Wildman–Crippen LogP) is 6.06. The highest BCUT2D eigenvalue weighted by Crippen LogP contribution is 2.53. The van der Waals surface area contributed by atoms with E-state index < -0.39 is 22.1 Å².